The summed E-state index contributed by atoms with van der Waals surface area (Å²) in [5, 5.41) is 12.1. The van der Waals surface area contributed by atoms with E-state index in [1.54, 1.807) is 36.4 Å². The molecule has 2 N–H and O–H groups in total. The van der Waals surface area contributed by atoms with Gasteiger partial charge in [0.2, 0.25) is 11.8 Å². The zero-order valence-corrected chi connectivity index (χ0v) is 21.0. The van der Waals surface area contributed by atoms with Crippen LogP contribution in [-0.4, -0.2) is 35.2 Å². The summed E-state index contributed by atoms with van der Waals surface area (Å²) in [4.78, 5) is 37.2. The van der Waals surface area contributed by atoms with Crippen molar-refractivity contribution >= 4 is 41.8 Å². The van der Waals surface area contributed by atoms with Crippen molar-refractivity contribution < 1.29 is 24.2 Å². The van der Waals surface area contributed by atoms with Gasteiger partial charge in [0.15, 0.2) is 0 Å². The van der Waals surface area contributed by atoms with Gasteiger partial charge in [0.1, 0.15) is 18.9 Å². The Hall–Kier alpha value is -3.78. The summed E-state index contributed by atoms with van der Waals surface area (Å²) < 4.78 is 5.83. The molecule has 0 fully saturated rings. The van der Waals surface area contributed by atoms with Crippen molar-refractivity contribution in [2.45, 2.75) is 26.4 Å². The number of carboxylic acid groups (broad SMARTS) is 1. The second-order valence-electron chi connectivity index (χ2n) is 8.38. The fraction of sp³-hybridized carbons (Fsp3) is 0.250. The first kappa shape index (κ1) is 26.8. The number of aliphatic carboxylic acids is 1. The summed E-state index contributed by atoms with van der Waals surface area (Å²) in [6, 6.07) is 24.0. The third kappa shape index (κ3) is 8.16. The molecule has 188 valence electrons. The molecule has 0 aromatic heterocycles. The van der Waals surface area contributed by atoms with E-state index in [9.17, 15) is 19.5 Å². The number of nitrogens with zero attached hydrogens (tertiary/aromatic N) is 1. The summed E-state index contributed by atoms with van der Waals surface area (Å²) in [6.07, 6.45) is 1.28. The number of carbonyl (C=O) groups excluding carboxylic acids is 2. The van der Waals surface area contributed by atoms with Crippen LogP contribution >= 0.6 is 12.6 Å². The number of ether oxygens (including phenoxy) is 1. The Balaban J connectivity index is 1.64. The van der Waals surface area contributed by atoms with E-state index in [1.807, 2.05) is 42.5 Å². The van der Waals surface area contributed by atoms with Crippen LogP contribution in [0.25, 0.3) is 0 Å². The normalized spacial score (nSPS) is 11.4. The highest BCUT2D eigenvalue weighted by molar-refractivity contribution is 7.80. The number of thiol groups is 1. The molecular weight excluding hydrogens is 476 g/mol. The second kappa shape index (κ2) is 13.3. The molecule has 0 aliphatic heterocycles. The van der Waals surface area contributed by atoms with Gasteiger partial charge in [0.05, 0.1) is 0 Å². The average Bonchev–Trinajstić information content (AvgIpc) is 2.87. The van der Waals surface area contributed by atoms with Gasteiger partial charge in [-0.3, -0.25) is 14.4 Å². The minimum atomic E-state index is -1.09. The highest BCUT2D eigenvalue weighted by atomic mass is 32.1. The van der Waals surface area contributed by atoms with Crippen LogP contribution in [0.5, 0.6) is 5.75 Å². The number of nitrogens with one attached hydrogen (secondary N) is 1. The second-order valence-corrected chi connectivity index (χ2v) is 8.75. The number of hydrogen-bond donors (Lipinski definition) is 3. The molecule has 3 rings (SSSR count). The molecule has 7 nitrogen and oxygen atoms in total. The van der Waals surface area contributed by atoms with Gasteiger partial charge in [-0.15, -0.1) is 0 Å². The SMILES string of the molecule is CC(=O)Nc1ccc(COc2ccc(N(CC(=O)O)C(=O)C(CS)CCc3ccccc3)cc2)cc1. The minimum Gasteiger partial charge on any atom is -0.489 e. The van der Waals surface area contributed by atoms with Crippen LogP contribution in [0, 0.1) is 5.92 Å². The molecule has 0 radical (unpaired) electrons. The Morgan fingerprint density at radius 1 is 0.944 bits per heavy atom. The van der Waals surface area contributed by atoms with Crippen LogP contribution in [0.2, 0.25) is 0 Å². The zero-order chi connectivity index (χ0) is 25.9. The molecule has 0 bridgehead atoms. The Morgan fingerprint density at radius 2 is 1.61 bits per heavy atom. The molecule has 0 saturated heterocycles. The van der Waals surface area contributed by atoms with Gasteiger partial charge in [-0.05, 0) is 60.4 Å². The van der Waals surface area contributed by atoms with Gasteiger partial charge in [-0.25, -0.2) is 0 Å². The lowest BCUT2D eigenvalue weighted by atomic mass is 9.99. The summed E-state index contributed by atoms with van der Waals surface area (Å²) >= 11 is 4.36. The third-order valence-corrected chi connectivity index (χ3v) is 6.02. The van der Waals surface area contributed by atoms with Gasteiger partial charge in [0.25, 0.3) is 0 Å². The van der Waals surface area contributed by atoms with Crippen molar-refractivity contribution in [3.63, 3.8) is 0 Å². The highest BCUT2D eigenvalue weighted by Gasteiger charge is 2.26. The van der Waals surface area contributed by atoms with Crippen LogP contribution in [0.1, 0.15) is 24.5 Å². The van der Waals surface area contributed by atoms with E-state index in [0.717, 1.165) is 11.1 Å². The molecule has 2 amide bonds. The summed E-state index contributed by atoms with van der Waals surface area (Å²) in [5.41, 5.74) is 3.24. The molecule has 0 saturated carbocycles. The van der Waals surface area contributed by atoms with E-state index in [-0.39, 0.29) is 11.8 Å². The molecule has 8 heteroatoms. The van der Waals surface area contributed by atoms with Gasteiger partial charge in [-0.2, -0.15) is 12.6 Å². The number of amides is 2. The van der Waals surface area contributed by atoms with E-state index in [1.165, 1.54) is 11.8 Å². The third-order valence-electron chi connectivity index (χ3n) is 5.58. The molecule has 3 aromatic rings. The number of carboxylic acids is 1. The number of aryl methyl sites for hydroxylation is 1. The summed E-state index contributed by atoms with van der Waals surface area (Å²) in [5.74, 6) is -0.995. The Labute approximate surface area is 216 Å². The molecular formula is C28H30N2O5S. The van der Waals surface area contributed by atoms with Crippen LogP contribution in [0.4, 0.5) is 11.4 Å². The van der Waals surface area contributed by atoms with Gasteiger partial charge < -0.3 is 20.1 Å². The fourth-order valence-corrected chi connectivity index (χ4v) is 4.05. The molecule has 0 aliphatic carbocycles. The van der Waals surface area contributed by atoms with Gasteiger partial charge in [0, 0.05) is 30.0 Å². The van der Waals surface area contributed by atoms with Crippen molar-refractivity contribution in [1.82, 2.24) is 0 Å². The first-order chi connectivity index (χ1) is 17.4. The molecule has 0 heterocycles. The number of carbonyl (C=O) groups is 3. The maximum atomic E-state index is 13.3. The Bertz CT molecular complexity index is 1150. The zero-order valence-electron chi connectivity index (χ0n) is 20.1. The fourth-order valence-electron chi connectivity index (χ4n) is 3.71. The average molecular weight is 507 g/mol. The molecule has 1 unspecified atom stereocenters. The van der Waals surface area contributed by atoms with E-state index in [0.29, 0.717) is 42.3 Å². The van der Waals surface area contributed by atoms with Crippen molar-refractivity contribution in [3.05, 3.63) is 90.0 Å². The number of hydrogen-bond acceptors (Lipinski definition) is 5. The van der Waals surface area contributed by atoms with Crippen molar-refractivity contribution in [1.29, 1.82) is 0 Å². The largest absolute Gasteiger partial charge is 0.489 e. The molecule has 0 aliphatic rings. The minimum absolute atomic E-state index is 0.133. The van der Waals surface area contributed by atoms with Crippen LogP contribution in [-0.2, 0) is 27.4 Å². The van der Waals surface area contributed by atoms with Crippen molar-refractivity contribution in [3.8, 4) is 5.75 Å². The maximum absolute atomic E-state index is 13.3. The number of rotatable bonds is 12. The van der Waals surface area contributed by atoms with Crippen molar-refractivity contribution in [2.75, 3.05) is 22.5 Å². The van der Waals surface area contributed by atoms with E-state index in [2.05, 4.69) is 17.9 Å². The molecule has 3 aromatic carbocycles. The van der Waals surface area contributed by atoms with Crippen LogP contribution < -0.4 is 15.0 Å². The smallest absolute Gasteiger partial charge is 0.323 e. The quantitative estimate of drug-likeness (QED) is 0.306. The van der Waals surface area contributed by atoms with Crippen LogP contribution in [0.3, 0.4) is 0 Å². The maximum Gasteiger partial charge on any atom is 0.323 e. The van der Waals surface area contributed by atoms with Crippen LogP contribution in [0.15, 0.2) is 78.9 Å². The number of benzene rings is 3. The summed E-state index contributed by atoms with van der Waals surface area (Å²) in [6.45, 7) is 1.34. The first-order valence-electron chi connectivity index (χ1n) is 11.6. The van der Waals surface area contributed by atoms with E-state index in [4.69, 9.17) is 4.74 Å². The molecule has 0 spiro atoms. The monoisotopic (exact) mass is 506 g/mol. The van der Waals surface area contributed by atoms with E-state index < -0.39 is 18.4 Å². The lowest BCUT2D eigenvalue weighted by Gasteiger charge is -2.26. The lowest BCUT2D eigenvalue weighted by molar-refractivity contribution is -0.137. The standard InChI is InChI=1S/C28H30N2O5S/c1-20(31)29-24-11-8-22(9-12-24)18-35-26-15-13-25(14-16-26)30(17-27(32)33)28(34)23(19-36)10-7-21-5-3-2-4-6-21/h2-6,8-9,11-16,23,36H,7,10,17-19H2,1H3,(H,29,31)(H,32,33). The molecule has 1 atom stereocenters. The predicted molar refractivity (Wildman–Crippen MR) is 144 cm³/mol. The van der Waals surface area contributed by atoms with E-state index >= 15 is 0 Å². The predicted octanol–water partition coefficient (Wildman–Crippen LogP) is 4.82. The van der Waals surface area contributed by atoms with Gasteiger partial charge >= 0.3 is 5.97 Å². The molecule has 36 heavy (non-hydrogen) atoms. The summed E-state index contributed by atoms with van der Waals surface area (Å²) in [7, 11) is 0. The van der Waals surface area contributed by atoms with Crippen molar-refractivity contribution in [2.24, 2.45) is 5.92 Å². The number of anilines is 2. The Kier molecular flexibility index (Phi) is 9.94. The first-order valence-corrected chi connectivity index (χ1v) is 12.3. The Morgan fingerprint density at radius 3 is 2.19 bits per heavy atom. The van der Waals surface area contributed by atoms with Gasteiger partial charge in [-0.1, -0.05) is 42.5 Å². The lowest BCUT2D eigenvalue weighted by Crippen LogP contribution is -2.40. The topological polar surface area (TPSA) is 95.9 Å². The highest BCUT2D eigenvalue weighted by Crippen LogP contribution is 2.24.